The average Bonchev–Trinajstić information content (AvgIpc) is 2.87. The Labute approximate surface area is 115 Å². The normalized spacial score (nSPS) is 21.5. The SMILES string of the molecule is CC(C)c1nnc(CC(C)(C)CN2CCC(N)C2)o1. The monoisotopic (exact) mass is 266 g/mol. The summed E-state index contributed by atoms with van der Waals surface area (Å²) >= 11 is 0. The Morgan fingerprint density at radius 3 is 2.68 bits per heavy atom. The highest BCUT2D eigenvalue weighted by atomic mass is 16.4. The van der Waals surface area contributed by atoms with E-state index < -0.39 is 0 Å². The summed E-state index contributed by atoms with van der Waals surface area (Å²) in [5.41, 5.74) is 6.08. The Balaban J connectivity index is 1.92. The van der Waals surface area contributed by atoms with Crippen LogP contribution in [-0.2, 0) is 6.42 Å². The minimum absolute atomic E-state index is 0.130. The molecule has 2 N–H and O–H groups in total. The molecular weight excluding hydrogens is 240 g/mol. The molecule has 1 aliphatic rings. The van der Waals surface area contributed by atoms with Crippen molar-refractivity contribution in [1.82, 2.24) is 15.1 Å². The van der Waals surface area contributed by atoms with E-state index in [9.17, 15) is 0 Å². The van der Waals surface area contributed by atoms with Crippen LogP contribution in [0.3, 0.4) is 0 Å². The van der Waals surface area contributed by atoms with Crippen molar-refractivity contribution >= 4 is 0 Å². The van der Waals surface area contributed by atoms with Gasteiger partial charge in [-0.3, -0.25) is 0 Å². The second-order valence-electron chi connectivity index (χ2n) is 6.81. The Hall–Kier alpha value is -0.940. The van der Waals surface area contributed by atoms with Crippen LogP contribution < -0.4 is 5.73 Å². The predicted octanol–water partition coefficient (Wildman–Crippen LogP) is 1.79. The van der Waals surface area contributed by atoms with E-state index in [1.165, 1.54) is 0 Å². The van der Waals surface area contributed by atoms with E-state index in [2.05, 4.69) is 42.8 Å². The summed E-state index contributed by atoms with van der Waals surface area (Å²) in [5, 5.41) is 8.25. The van der Waals surface area contributed by atoms with E-state index in [4.69, 9.17) is 10.2 Å². The lowest BCUT2D eigenvalue weighted by molar-refractivity contribution is 0.195. The van der Waals surface area contributed by atoms with Crippen LogP contribution in [0.2, 0.25) is 0 Å². The number of nitrogens with two attached hydrogens (primary N) is 1. The maximum atomic E-state index is 5.95. The molecule has 19 heavy (non-hydrogen) atoms. The van der Waals surface area contributed by atoms with Crippen molar-refractivity contribution in [2.45, 2.75) is 52.5 Å². The molecule has 1 fully saturated rings. The van der Waals surface area contributed by atoms with Gasteiger partial charge in [0, 0.05) is 31.5 Å². The van der Waals surface area contributed by atoms with Gasteiger partial charge in [0.25, 0.3) is 0 Å². The molecule has 0 spiro atoms. The van der Waals surface area contributed by atoms with E-state index >= 15 is 0 Å². The van der Waals surface area contributed by atoms with Crippen LogP contribution in [0.1, 0.15) is 51.8 Å². The molecule has 1 aromatic rings. The summed E-state index contributed by atoms with van der Waals surface area (Å²) in [6, 6.07) is 0.340. The van der Waals surface area contributed by atoms with Crippen LogP contribution in [-0.4, -0.2) is 40.8 Å². The topological polar surface area (TPSA) is 68.2 Å². The van der Waals surface area contributed by atoms with E-state index in [0.717, 1.165) is 44.3 Å². The summed E-state index contributed by atoms with van der Waals surface area (Å²) in [6.07, 6.45) is 1.92. The third-order valence-electron chi connectivity index (χ3n) is 3.57. The lowest BCUT2D eigenvalue weighted by Crippen LogP contribution is -2.35. The summed E-state index contributed by atoms with van der Waals surface area (Å²) in [4.78, 5) is 2.43. The standard InChI is InChI=1S/C14H26N4O/c1-10(2)13-17-16-12(19-13)7-14(3,4)9-18-6-5-11(15)8-18/h10-11H,5-9,15H2,1-4H3. The van der Waals surface area contributed by atoms with Gasteiger partial charge < -0.3 is 15.1 Å². The Morgan fingerprint density at radius 2 is 2.16 bits per heavy atom. The van der Waals surface area contributed by atoms with Gasteiger partial charge in [0.15, 0.2) is 0 Å². The number of nitrogens with zero attached hydrogens (tertiary/aromatic N) is 3. The predicted molar refractivity (Wildman–Crippen MR) is 74.9 cm³/mol. The molecule has 2 heterocycles. The third kappa shape index (κ3) is 4.01. The number of aromatic nitrogens is 2. The molecule has 5 heteroatoms. The van der Waals surface area contributed by atoms with Gasteiger partial charge in [-0.05, 0) is 18.4 Å². The van der Waals surface area contributed by atoms with Crippen molar-refractivity contribution in [3.05, 3.63) is 11.8 Å². The van der Waals surface area contributed by atoms with Crippen molar-refractivity contribution in [1.29, 1.82) is 0 Å². The van der Waals surface area contributed by atoms with Crippen LogP contribution in [0.25, 0.3) is 0 Å². The lowest BCUT2D eigenvalue weighted by atomic mass is 9.88. The van der Waals surface area contributed by atoms with Gasteiger partial charge in [0.1, 0.15) is 0 Å². The number of hydrogen-bond donors (Lipinski definition) is 1. The first-order chi connectivity index (χ1) is 8.85. The second-order valence-corrected chi connectivity index (χ2v) is 6.81. The third-order valence-corrected chi connectivity index (χ3v) is 3.57. The summed E-state index contributed by atoms with van der Waals surface area (Å²) in [5.74, 6) is 1.77. The molecule has 108 valence electrons. The first-order valence-corrected chi connectivity index (χ1v) is 7.16. The Kier molecular flexibility index (Phi) is 4.26. The van der Waals surface area contributed by atoms with Gasteiger partial charge >= 0.3 is 0 Å². The highest BCUT2D eigenvalue weighted by Gasteiger charge is 2.28. The van der Waals surface area contributed by atoms with Gasteiger partial charge in [0.05, 0.1) is 0 Å². The van der Waals surface area contributed by atoms with Crippen LogP contribution in [0.15, 0.2) is 4.42 Å². The molecule has 0 bridgehead atoms. The summed E-state index contributed by atoms with van der Waals surface area (Å²) < 4.78 is 5.70. The van der Waals surface area contributed by atoms with E-state index in [1.807, 2.05) is 0 Å². The van der Waals surface area contributed by atoms with Crippen molar-refractivity contribution in [2.75, 3.05) is 19.6 Å². The van der Waals surface area contributed by atoms with E-state index in [0.29, 0.717) is 12.0 Å². The molecular formula is C14H26N4O. The van der Waals surface area contributed by atoms with Crippen molar-refractivity contribution < 1.29 is 4.42 Å². The molecule has 5 nitrogen and oxygen atoms in total. The minimum Gasteiger partial charge on any atom is -0.425 e. The van der Waals surface area contributed by atoms with Gasteiger partial charge in [-0.1, -0.05) is 27.7 Å². The molecule has 0 amide bonds. The average molecular weight is 266 g/mol. The fourth-order valence-corrected chi connectivity index (χ4v) is 2.65. The summed E-state index contributed by atoms with van der Waals surface area (Å²) in [7, 11) is 0. The zero-order valence-corrected chi connectivity index (χ0v) is 12.5. The van der Waals surface area contributed by atoms with Crippen LogP contribution in [0.5, 0.6) is 0 Å². The van der Waals surface area contributed by atoms with E-state index in [1.54, 1.807) is 0 Å². The van der Waals surface area contributed by atoms with Gasteiger partial charge in [-0.15, -0.1) is 10.2 Å². The lowest BCUT2D eigenvalue weighted by Gasteiger charge is -2.28. The van der Waals surface area contributed by atoms with Gasteiger partial charge in [0.2, 0.25) is 11.8 Å². The van der Waals surface area contributed by atoms with E-state index in [-0.39, 0.29) is 5.41 Å². The molecule has 0 aliphatic carbocycles. The van der Waals surface area contributed by atoms with Gasteiger partial charge in [-0.2, -0.15) is 0 Å². The number of likely N-dealkylation sites (tertiary alicyclic amines) is 1. The largest absolute Gasteiger partial charge is 0.425 e. The zero-order valence-electron chi connectivity index (χ0n) is 12.5. The fourth-order valence-electron chi connectivity index (χ4n) is 2.65. The van der Waals surface area contributed by atoms with Crippen LogP contribution in [0, 0.1) is 5.41 Å². The maximum Gasteiger partial charge on any atom is 0.219 e. The molecule has 0 saturated carbocycles. The van der Waals surface area contributed by atoms with Gasteiger partial charge in [-0.25, -0.2) is 0 Å². The molecule has 0 aromatic carbocycles. The smallest absolute Gasteiger partial charge is 0.219 e. The van der Waals surface area contributed by atoms with Crippen LogP contribution in [0.4, 0.5) is 0 Å². The fraction of sp³-hybridized carbons (Fsp3) is 0.857. The quantitative estimate of drug-likeness (QED) is 0.880. The Bertz CT molecular complexity index is 413. The molecule has 1 unspecified atom stereocenters. The zero-order chi connectivity index (χ0) is 14.0. The van der Waals surface area contributed by atoms with Crippen molar-refractivity contribution in [2.24, 2.45) is 11.1 Å². The first-order valence-electron chi connectivity index (χ1n) is 7.16. The summed E-state index contributed by atoms with van der Waals surface area (Å²) in [6.45, 7) is 11.8. The molecule has 1 saturated heterocycles. The number of rotatable bonds is 5. The molecule has 1 atom stereocenters. The highest BCUT2D eigenvalue weighted by molar-refractivity contribution is 4.92. The first kappa shape index (κ1) is 14.5. The molecule has 1 aliphatic heterocycles. The minimum atomic E-state index is 0.130. The second kappa shape index (κ2) is 5.59. The Morgan fingerprint density at radius 1 is 1.42 bits per heavy atom. The van der Waals surface area contributed by atoms with Crippen molar-refractivity contribution in [3.8, 4) is 0 Å². The molecule has 2 rings (SSSR count). The van der Waals surface area contributed by atoms with Crippen molar-refractivity contribution in [3.63, 3.8) is 0 Å². The number of hydrogen-bond acceptors (Lipinski definition) is 5. The van der Waals surface area contributed by atoms with Crippen LogP contribution >= 0.6 is 0 Å². The molecule has 1 aromatic heterocycles. The maximum absolute atomic E-state index is 5.95. The highest BCUT2D eigenvalue weighted by Crippen LogP contribution is 2.25. The molecule has 0 radical (unpaired) electrons.